The van der Waals surface area contributed by atoms with E-state index in [0.29, 0.717) is 19.5 Å². The lowest BCUT2D eigenvalue weighted by molar-refractivity contribution is -0.143. The Morgan fingerprint density at radius 2 is 2.40 bits per heavy atom. The molecule has 86 valence electrons. The fraction of sp³-hybridized carbons (Fsp3) is 0.800. The van der Waals surface area contributed by atoms with Crippen LogP contribution in [0.1, 0.15) is 26.7 Å². The highest BCUT2D eigenvalue weighted by atomic mass is 16.2. The highest BCUT2D eigenvalue weighted by molar-refractivity contribution is 5.90. The Kier molecular flexibility index (Phi) is 4.08. The number of rotatable bonds is 3. The van der Waals surface area contributed by atoms with E-state index in [0.717, 1.165) is 6.42 Å². The molecule has 1 unspecified atom stereocenters. The number of nitrogens with zero attached hydrogens (tertiary/aromatic N) is 1. The number of nitrogens with two attached hydrogens (primary N) is 1. The van der Waals surface area contributed by atoms with Gasteiger partial charge in [0.05, 0.1) is 6.04 Å². The maximum atomic E-state index is 11.9. The summed E-state index contributed by atoms with van der Waals surface area (Å²) in [5.74, 6) is -0.211. The predicted molar refractivity (Wildman–Crippen MR) is 57.1 cm³/mol. The number of carbonyl (C=O) groups excluding carboxylic acids is 2. The van der Waals surface area contributed by atoms with Crippen LogP contribution >= 0.6 is 0 Å². The molecule has 0 saturated carbocycles. The molecule has 2 amide bonds. The van der Waals surface area contributed by atoms with Gasteiger partial charge < -0.3 is 16.0 Å². The van der Waals surface area contributed by atoms with Crippen LogP contribution in [-0.2, 0) is 9.59 Å². The Hall–Kier alpha value is -1.10. The van der Waals surface area contributed by atoms with Crippen molar-refractivity contribution in [3.05, 3.63) is 0 Å². The number of piperazine rings is 1. The highest BCUT2D eigenvalue weighted by Crippen LogP contribution is 2.07. The normalized spacial score (nSPS) is 23.5. The molecule has 1 heterocycles. The van der Waals surface area contributed by atoms with Crippen LogP contribution in [0.2, 0.25) is 0 Å². The molecule has 5 nitrogen and oxygen atoms in total. The van der Waals surface area contributed by atoms with E-state index in [1.807, 2.05) is 6.92 Å². The third-order valence-corrected chi connectivity index (χ3v) is 2.70. The number of hydrogen-bond acceptors (Lipinski definition) is 3. The molecule has 1 aliphatic rings. The summed E-state index contributed by atoms with van der Waals surface area (Å²) in [7, 11) is 0. The minimum Gasteiger partial charge on any atom is -0.353 e. The molecule has 3 N–H and O–H groups in total. The molecule has 0 aliphatic carbocycles. The van der Waals surface area contributed by atoms with Crippen molar-refractivity contribution < 1.29 is 9.59 Å². The summed E-state index contributed by atoms with van der Waals surface area (Å²) < 4.78 is 0. The van der Waals surface area contributed by atoms with Crippen LogP contribution < -0.4 is 11.1 Å². The quantitative estimate of drug-likeness (QED) is 0.661. The SMILES string of the molecule is CCC[C@H](N)C(=O)N1CCNC(=O)C1C. The zero-order valence-electron chi connectivity index (χ0n) is 9.32. The van der Waals surface area contributed by atoms with Gasteiger partial charge in [-0.1, -0.05) is 13.3 Å². The third kappa shape index (κ3) is 2.68. The minimum absolute atomic E-state index is 0.0988. The van der Waals surface area contributed by atoms with Gasteiger partial charge in [0.2, 0.25) is 11.8 Å². The van der Waals surface area contributed by atoms with Gasteiger partial charge in [-0.3, -0.25) is 9.59 Å². The Balaban J connectivity index is 2.61. The number of carbonyl (C=O) groups is 2. The standard InChI is InChI=1S/C10H19N3O2/c1-3-4-8(11)10(15)13-6-5-12-9(14)7(13)2/h7-8H,3-6,11H2,1-2H3,(H,12,14)/t7?,8-/m0/s1. The minimum atomic E-state index is -0.469. The molecular weight excluding hydrogens is 194 g/mol. The van der Waals surface area contributed by atoms with Crippen molar-refractivity contribution >= 4 is 11.8 Å². The van der Waals surface area contributed by atoms with Crippen molar-refractivity contribution in [2.24, 2.45) is 5.73 Å². The van der Waals surface area contributed by atoms with Gasteiger partial charge in [0.1, 0.15) is 6.04 Å². The van der Waals surface area contributed by atoms with Gasteiger partial charge >= 0.3 is 0 Å². The van der Waals surface area contributed by atoms with E-state index in [4.69, 9.17) is 5.73 Å². The maximum Gasteiger partial charge on any atom is 0.242 e. The first-order chi connectivity index (χ1) is 7.07. The molecule has 1 rings (SSSR count). The van der Waals surface area contributed by atoms with Gasteiger partial charge in [-0.05, 0) is 13.3 Å². The van der Waals surface area contributed by atoms with Crippen LogP contribution in [0.3, 0.4) is 0 Å². The molecule has 0 bridgehead atoms. The summed E-state index contributed by atoms with van der Waals surface area (Å²) in [6.45, 7) is 4.79. The Morgan fingerprint density at radius 1 is 1.73 bits per heavy atom. The van der Waals surface area contributed by atoms with Crippen molar-refractivity contribution in [3.63, 3.8) is 0 Å². The van der Waals surface area contributed by atoms with Gasteiger partial charge in [-0.15, -0.1) is 0 Å². The van der Waals surface area contributed by atoms with E-state index < -0.39 is 12.1 Å². The summed E-state index contributed by atoms with van der Waals surface area (Å²) in [4.78, 5) is 24.8. The molecule has 0 aromatic heterocycles. The van der Waals surface area contributed by atoms with Crippen molar-refractivity contribution in [1.82, 2.24) is 10.2 Å². The number of nitrogens with one attached hydrogen (secondary N) is 1. The van der Waals surface area contributed by atoms with Gasteiger partial charge in [0.25, 0.3) is 0 Å². The predicted octanol–water partition coefficient (Wildman–Crippen LogP) is -0.539. The average Bonchev–Trinajstić information content (AvgIpc) is 2.21. The van der Waals surface area contributed by atoms with Crippen LogP contribution in [0.25, 0.3) is 0 Å². The smallest absolute Gasteiger partial charge is 0.242 e. The van der Waals surface area contributed by atoms with E-state index in [9.17, 15) is 9.59 Å². The third-order valence-electron chi connectivity index (χ3n) is 2.70. The lowest BCUT2D eigenvalue weighted by Gasteiger charge is -2.34. The second-order valence-corrected chi connectivity index (χ2v) is 3.89. The largest absolute Gasteiger partial charge is 0.353 e. The van der Waals surface area contributed by atoms with E-state index in [1.165, 1.54) is 0 Å². The molecule has 15 heavy (non-hydrogen) atoms. The molecule has 1 aliphatic heterocycles. The highest BCUT2D eigenvalue weighted by Gasteiger charge is 2.31. The molecule has 0 radical (unpaired) electrons. The molecule has 0 spiro atoms. The van der Waals surface area contributed by atoms with E-state index in [2.05, 4.69) is 5.32 Å². The Labute approximate surface area is 90.0 Å². The summed E-state index contributed by atoms with van der Waals surface area (Å²) in [6.07, 6.45) is 1.55. The molecule has 1 saturated heterocycles. The van der Waals surface area contributed by atoms with Crippen LogP contribution in [0.5, 0.6) is 0 Å². The van der Waals surface area contributed by atoms with Crippen molar-refractivity contribution in [3.8, 4) is 0 Å². The van der Waals surface area contributed by atoms with Crippen molar-refractivity contribution in [2.75, 3.05) is 13.1 Å². The van der Waals surface area contributed by atoms with E-state index in [1.54, 1.807) is 11.8 Å². The maximum absolute atomic E-state index is 11.9. The van der Waals surface area contributed by atoms with Gasteiger partial charge in [0, 0.05) is 13.1 Å². The van der Waals surface area contributed by atoms with E-state index in [-0.39, 0.29) is 11.8 Å². The lowest BCUT2D eigenvalue weighted by atomic mass is 10.1. The monoisotopic (exact) mass is 213 g/mol. The van der Waals surface area contributed by atoms with Gasteiger partial charge in [-0.25, -0.2) is 0 Å². The first kappa shape index (κ1) is 12.0. The summed E-state index contributed by atoms with van der Waals surface area (Å²) in [5.41, 5.74) is 5.74. The Bertz CT molecular complexity index is 255. The molecule has 0 aromatic carbocycles. The second-order valence-electron chi connectivity index (χ2n) is 3.89. The first-order valence-electron chi connectivity index (χ1n) is 5.41. The molecule has 1 fully saturated rings. The van der Waals surface area contributed by atoms with E-state index >= 15 is 0 Å². The Morgan fingerprint density at radius 3 is 3.00 bits per heavy atom. The van der Waals surface area contributed by atoms with Gasteiger partial charge in [-0.2, -0.15) is 0 Å². The average molecular weight is 213 g/mol. The van der Waals surface area contributed by atoms with Crippen molar-refractivity contribution in [1.29, 1.82) is 0 Å². The topological polar surface area (TPSA) is 75.4 Å². The van der Waals surface area contributed by atoms with Crippen LogP contribution in [0, 0.1) is 0 Å². The molecule has 5 heteroatoms. The summed E-state index contributed by atoms with van der Waals surface area (Å²) >= 11 is 0. The first-order valence-corrected chi connectivity index (χ1v) is 5.41. The van der Waals surface area contributed by atoms with Gasteiger partial charge in [0.15, 0.2) is 0 Å². The van der Waals surface area contributed by atoms with Crippen LogP contribution in [-0.4, -0.2) is 41.9 Å². The molecular formula is C10H19N3O2. The lowest BCUT2D eigenvalue weighted by Crippen LogP contribution is -2.59. The van der Waals surface area contributed by atoms with Crippen LogP contribution in [0.15, 0.2) is 0 Å². The molecule has 0 aromatic rings. The fourth-order valence-corrected chi connectivity index (χ4v) is 1.73. The number of hydrogen-bond donors (Lipinski definition) is 2. The summed E-state index contributed by atoms with van der Waals surface area (Å²) in [6, 6.07) is -0.863. The fourth-order valence-electron chi connectivity index (χ4n) is 1.73. The number of amides is 2. The second kappa shape index (κ2) is 5.11. The van der Waals surface area contributed by atoms with Crippen LogP contribution in [0.4, 0.5) is 0 Å². The zero-order valence-corrected chi connectivity index (χ0v) is 9.32. The summed E-state index contributed by atoms with van der Waals surface area (Å²) in [5, 5.41) is 2.71. The zero-order chi connectivity index (χ0) is 11.4. The molecule has 2 atom stereocenters. The van der Waals surface area contributed by atoms with Crippen molar-refractivity contribution in [2.45, 2.75) is 38.8 Å².